The summed E-state index contributed by atoms with van der Waals surface area (Å²) in [5, 5.41) is 9.08. The lowest BCUT2D eigenvalue weighted by molar-refractivity contribution is -0.110. The van der Waals surface area contributed by atoms with Crippen molar-refractivity contribution >= 4 is 59.6 Å². The number of likely N-dealkylation sites (N-methyl/N-ethyl adjacent to an activating group) is 1. The summed E-state index contributed by atoms with van der Waals surface area (Å²) in [6, 6.07) is 9.50. The number of fused-ring (bicyclic) bond motifs is 1. The van der Waals surface area contributed by atoms with Gasteiger partial charge < -0.3 is 19.2 Å². The summed E-state index contributed by atoms with van der Waals surface area (Å²) >= 11 is 2.59. The number of pyridine rings is 1. The fourth-order valence-electron chi connectivity index (χ4n) is 3.88. The highest BCUT2D eigenvalue weighted by Gasteiger charge is 2.31. The van der Waals surface area contributed by atoms with E-state index in [0.29, 0.717) is 51.6 Å². The maximum atomic E-state index is 13.4. The molecule has 1 N–H and O–H groups in total. The van der Waals surface area contributed by atoms with Crippen LogP contribution in [0, 0.1) is 0 Å². The zero-order valence-electron chi connectivity index (χ0n) is 22.3. The Hall–Kier alpha value is -3.50. The average molecular weight is 617 g/mol. The zero-order valence-corrected chi connectivity index (χ0v) is 24.8. The summed E-state index contributed by atoms with van der Waals surface area (Å²) in [4.78, 5) is 34.7. The fraction of sp³-hybridized carbons (Fsp3) is 0.346. The number of carbonyl (C=O) groups is 1. The molecule has 12 nitrogen and oxygen atoms in total. The monoisotopic (exact) mass is 616 g/mol. The number of aromatic nitrogens is 3. The van der Waals surface area contributed by atoms with Gasteiger partial charge in [0.1, 0.15) is 22.0 Å². The second-order valence-electron chi connectivity index (χ2n) is 9.29. The maximum Gasteiger partial charge on any atom is 0.280 e. The minimum absolute atomic E-state index is 0.0466. The smallest absolute Gasteiger partial charge is 0.280 e. The quantitative estimate of drug-likeness (QED) is 0.186. The van der Waals surface area contributed by atoms with Crippen LogP contribution in [-0.2, 0) is 30.8 Å². The first kappa shape index (κ1) is 29.0. The number of thiazole rings is 2. The Morgan fingerprint density at radius 3 is 2.73 bits per heavy atom. The lowest BCUT2D eigenvalue weighted by Crippen LogP contribution is -2.25. The van der Waals surface area contributed by atoms with Crippen LogP contribution in [-0.4, -0.2) is 85.6 Å². The van der Waals surface area contributed by atoms with Crippen LogP contribution >= 0.6 is 22.7 Å². The van der Waals surface area contributed by atoms with Gasteiger partial charge >= 0.3 is 0 Å². The van der Waals surface area contributed by atoms with Crippen molar-refractivity contribution in [1.29, 1.82) is 0 Å². The van der Waals surface area contributed by atoms with Crippen LogP contribution in [0.15, 0.2) is 58.0 Å². The lowest BCUT2D eigenvalue weighted by atomic mass is 10.1. The molecule has 0 aliphatic carbocycles. The molecule has 4 heterocycles. The molecule has 0 unspecified atom stereocenters. The van der Waals surface area contributed by atoms with Crippen LogP contribution in [0.5, 0.6) is 5.88 Å². The molecule has 15 heteroatoms. The zero-order chi connectivity index (χ0) is 28.8. The van der Waals surface area contributed by atoms with E-state index < -0.39 is 21.0 Å². The predicted octanol–water partition coefficient (Wildman–Crippen LogP) is 3.21. The Bertz CT molecular complexity index is 1620. The molecule has 1 saturated heterocycles. The molecule has 3 aromatic heterocycles. The predicted molar refractivity (Wildman–Crippen MR) is 156 cm³/mol. The summed E-state index contributed by atoms with van der Waals surface area (Å²) < 4.78 is 36.8. The number of sulfone groups is 1. The van der Waals surface area contributed by atoms with E-state index in [1.807, 2.05) is 24.4 Å². The van der Waals surface area contributed by atoms with Gasteiger partial charge in [-0.05, 0) is 38.7 Å². The highest BCUT2D eigenvalue weighted by molar-refractivity contribution is 7.92. The first-order valence-corrected chi connectivity index (χ1v) is 15.9. The van der Waals surface area contributed by atoms with Gasteiger partial charge in [0.05, 0.1) is 16.8 Å². The summed E-state index contributed by atoms with van der Waals surface area (Å²) in [6.45, 7) is 1.90. The van der Waals surface area contributed by atoms with E-state index in [2.05, 4.69) is 25.4 Å². The van der Waals surface area contributed by atoms with Gasteiger partial charge in [0.25, 0.3) is 5.91 Å². The molecule has 4 aromatic rings. The van der Waals surface area contributed by atoms with E-state index in [1.54, 1.807) is 18.3 Å². The largest absolute Gasteiger partial charge is 0.476 e. The Balaban J connectivity index is 1.35. The topological polar surface area (TPSA) is 145 Å². The SMILES string of the molecule is CN(C)CCOc1ccc2nc(NC(=O)/C(=N/OCc3nccs3)c3ccc(S(=O)(=O)[C@H]4CCOC4)cc3)sc2n1. The van der Waals surface area contributed by atoms with E-state index in [0.717, 1.165) is 6.54 Å². The van der Waals surface area contributed by atoms with Gasteiger partial charge in [-0.15, -0.1) is 11.3 Å². The molecule has 5 rings (SSSR count). The van der Waals surface area contributed by atoms with Crippen molar-refractivity contribution in [2.75, 3.05) is 45.8 Å². The minimum Gasteiger partial charge on any atom is -0.476 e. The van der Waals surface area contributed by atoms with Crippen molar-refractivity contribution in [3.63, 3.8) is 0 Å². The molecular formula is C26H28N6O6S3. The van der Waals surface area contributed by atoms with E-state index in [-0.39, 0.29) is 23.8 Å². The molecule has 1 aromatic carbocycles. The number of ether oxygens (including phenoxy) is 2. The number of anilines is 1. The van der Waals surface area contributed by atoms with Crippen LogP contribution in [0.3, 0.4) is 0 Å². The van der Waals surface area contributed by atoms with Gasteiger partial charge in [-0.25, -0.2) is 23.4 Å². The molecular weight excluding hydrogens is 589 g/mol. The molecule has 1 atom stereocenters. The molecule has 0 bridgehead atoms. The van der Waals surface area contributed by atoms with Gasteiger partial charge in [0, 0.05) is 36.4 Å². The Morgan fingerprint density at radius 2 is 2.02 bits per heavy atom. The fourth-order valence-corrected chi connectivity index (χ4v) is 6.81. The third-order valence-corrected chi connectivity index (χ3v) is 9.88. The summed E-state index contributed by atoms with van der Waals surface area (Å²) in [5.74, 6) is -0.108. The van der Waals surface area contributed by atoms with E-state index in [4.69, 9.17) is 14.3 Å². The number of nitrogens with zero attached hydrogens (tertiary/aromatic N) is 5. The molecule has 1 fully saturated rings. The van der Waals surface area contributed by atoms with E-state index in [9.17, 15) is 13.2 Å². The molecule has 1 aliphatic heterocycles. The summed E-state index contributed by atoms with van der Waals surface area (Å²) in [7, 11) is 0.364. The van der Waals surface area contributed by atoms with Crippen molar-refractivity contribution in [2.45, 2.75) is 23.2 Å². The van der Waals surface area contributed by atoms with Crippen molar-refractivity contribution in [3.05, 3.63) is 58.5 Å². The van der Waals surface area contributed by atoms with Gasteiger partial charge in [0.2, 0.25) is 5.88 Å². The number of amides is 1. The van der Waals surface area contributed by atoms with Crippen molar-refractivity contribution in [1.82, 2.24) is 19.9 Å². The first-order chi connectivity index (χ1) is 19.8. The van der Waals surface area contributed by atoms with Crippen LogP contribution < -0.4 is 10.1 Å². The Kier molecular flexibility index (Phi) is 9.19. The molecule has 0 saturated carbocycles. The van der Waals surface area contributed by atoms with Gasteiger partial charge in [-0.2, -0.15) is 0 Å². The molecule has 1 amide bonds. The second kappa shape index (κ2) is 13.0. The number of oxime groups is 1. The minimum atomic E-state index is -3.56. The highest BCUT2D eigenvalue weighted by atomic mass is 32.2. The molecule has 0 radical (unpaired) electrons. The normalized spacial score (nSPS) is 15.9. The first-order valence-electron chi connectivity index (χ1n) is 12.7. The molecule has 41 heavy (non-hydrogen) atoms. The molecule has 0 spiro atoms. The summed E-state index contributed by atoms with van der Waals surface area (Å²) in [5.41, 5.74) is 0.933. The Morgan fingerprint density at radius 1 is 1.20 bits per heavy atom. The number of nitrogens with one attached hydrogen (secondary N) is 1. The van der Waals surface area contributed by atoms with Crippen molar-refractivity contribution < 1.29 is 27.5 Å². The van der Waals surface area contributed by atoms with Crippen LogP contribution in [0.2, 0.25) is 0 Å². The number of hydrogen-bond acceptors (Lipinski definition) is 13. The number of benzene rings is 1. The van der Waals surface area contributed by atoms with Crippen LogP contribution in [0.25, 0.3) is 10.3 Å². The lowest BCUT2D eigenvalue weighted by Gasteiger charge is -2.11. The van der Waals surface area contributed by atoms with Crippen molar-refractivity contribution in [2.24, 2.45) is 5.16 Å². The Labute approximate surface area is 244 Å². The van der Waals surface area contributed by atoms with Crippen LogP contribution in [0.4, 0.5) is 5.13 Å². The van der Waals surface area contributed by atoms with Crippen molar-refractivity contribution in [3.8, 4) is 5.88 Å². The molecule has 216 valence electrons. The van der Waals surface area contributed by atoms with Gasteiger partial charge in [-0.3, -0.25) is 10.1 Å². The molecule has 1 aliphatic rings. The number of hydrogen-bond donors (Lipinski definition) is 1. The third kappa shape index (κ3) is 7.23. The number of rotatable bonds is 12. The summed E-state index contributed by atoms with van der Waals surface area (Å²) in [6.07, 6.45) is 2.10. The average Bonchev–Trinajstić information content (AvgIpc) is 3.73. The van der Waals surface area contributed by atoms with Gasteiger partial charge in [-0.1, -0.05) is 28.6 Å². The maximum absolute atomic E-state index is 13.4. The number of carbonyl (C=O) groups excluding carboxylic acids is 1. The van der Waals surface area contributed by atoms with E-state index in [1.165, 1.54) is 46.9 Å². The van der Waals surface area contributed by atoms with E-state index >= 15 is 0 Å². The van der Waals surface area contributed by atoms with Gasteiger partial charge in [0.15, 0.2) is 27.3 Å². The third-order valence-electron chi connectivity index (χ3n) is 6.06. The standard InChI is InChI=1S/C26H28N6O6S3/c1-32(2)11-13-37-21-8-7-20-25(29-21)40-26(28-20)30-24(33)23(31-38-16-22-27-10-14-39-22)17-3-5-18(6-4-17)41(34,35)19-9-12-36-15-19/h3-8,10,14,19H,9,11-13,15-16H2,1-2H3,(H,28,30,33)/b31-23+/t19-/m0/s1. The second-order valence-corrected chi connectivity index (χ2v) is 13.5. The van der Waals surface area contributed by atoms with Crippen LogP contribution in [0.1, 0.15) is 17.0 Å². The highest BCUT2D eigenvalue weighted by Crippen LogP contribution is 2.27.